The molecule has 1 rings (SSSR count). The molecule has 1 saturated heterocycles. The van der Waals surface area contributed by atoms with Crippen molar-refractivity contribution in [2.45, 2.75) is 5.92 Å². The van der Waals surface area contributed by atoms with Gasteiger partial charge in [0.15, 0.2) is 0 Å². The largest absolute Gasteiger partial charge is 0.477 e. The van der Waals surface area contributed by atoms with Crippen molar-refractivity contribution in [3.8, 4) is 0 Å². The molecule has 0 unspecified atom stereocenters. The van der Waals surface area contributed by atoms with Crippen molar-refractivity contribution in [3.63, 3.8) is 0 Å². The summed E-state index contributed by atoms with van der Waals surface area (Å²) >= 11 is 0. The van der Waals surface area contributed by atoms with E-state index >= 15 is 0 Å². The average molecular weight is 177 g/mol. The van der Waals surface area contributed by atoms with Crippen LogP contribution in [-0.2, 0) is 4.79 Å². The van der Waals surface area contributed by atoms with Crippen LogP contribution in [0.2, 0.25) is 0 Å². The van der Waals surface area contributed by atoms with E-state index in [-0.39, 0.29) is 0 Å². The number of carboxylic acid groups (broad SMARTS) is 1. The highest BCUT2D eigenvalue weighted by Crippen LogP contribution is 2.20. The average Bonchev–Trinajstić information content (AvgIpc) is 1.83. The molecule has 0 aromatic rings. The molecule has 68 valence electrons. The quantitative estimate of drug-likeness (QED) is 0.641. The van der Waals surface area contributed by atoms with Crippen molar-refractivity contribution in [2.75, 3.05) is 19.6 Å². The van der Waals surface area contributed by atoms with Crippen LogP contribution in [0.5, 0.6) is 0 Å². The minimum atomic E-state index is -3.64. The zero-order chi connectivity index (χ0) is 9.35. The number of hydrogen-bond acceptors (Lipinski definition) is 2. The zero-order valence-electron chi connectivity index (χ0n) is 6.39. The summed E-state index contributed by atoms with van der Waals surface area (Å²) in [5, 5.41) is 8.08. The number of aliphatic carboxylic acids is 1. The third-order valence-electron chi connectivity index (χ3n) is 1.63. The summed E-state index contributed by atoms with van der Waals surface area (Å²) in [4.78, 5) is 11.3. The first-order chi connectivity index (χ1) is 5.42. The number of alkyl halides is 2. The van der Waals surface area contributed by atoms with Crippen LogP contribution in [0.25, 0.3) is 0 Å². The van der Waals surface area contributed by atoms with E-state index < -0.39 is 18.4 Å². The van der Waals surface area contributed by atoms with E-state index in [9.17, 15) is 13.6 Å². The molecule has 12 heavy (non-hydrogen) atoms. The molecule has 3 nitrogen and oxygen atoms in total. The van der Waals surface area contributed by atoms with Gasteiger partial charge in [-0.2, -0.15) is 8.78 Å². The second kappa shape index (κ2) is 2.82. The maximum Gasteiger partial charge on any atom is 0.375 e. The number of hydrogen-bond donors (Lipinski definition) is 1. The number of rotatable bonds is 3. The Kier molecular flexibility index (Phi) is 2.14. The topological polar surface area (TPSA) is 40.5 Å². The van der Waals surface area contributed by atoms with Crippen molar-refractivity contribution in [1.82, 2.24) is 4.90 Å². The Labute approximate surface area is 68.3 Å². The molecule has 0 radical (unpaired) electrons. The van der Waals surface area contributed by atoms with Crippen molar-refractivity contribution < 1.29 is 18.7 Å². The number of carbonyl (C=O) groups is 1. The van der Waals surface area contributed by atoms with Crippen LogP contribution in [0.15, 0.2) is 12.2 Å². The summed E-state index contributed by atoms with van der Waals surface area (Å²) in [7, 11) is 0. The summed E-state index contributed by atoms with van der Waals surface area (Å²) < 4.78 is 24.9. The third-order valence-corrected chi connectivity index (χ3v) is 1.63. The smallest absolute Gasteiger partial charge is 0.375 e. The van der Waals surface area contributed by atoms with Crippen LogP contribution >= 0.6 is 0 Å². The molecule has 0 bridgehead atoms. The predicted octanol–water partition coefficient (Wildman–Crippen LogP) is 0.578. The second-order valence-electron chi connectivity index (χ2n) is 2.90. The molecule has 0 aromatic heterocycles. The molecule has 0 aromatic carbocycles. The number of nitrogens with zero attached hydrogens (tertiary/aromatic N) is 1. The molecule has 0 spiro atoms. The van der Waals surface area contributed by atoms with Crippen LogP contribution in [-0.4, -0.2) is 41.5 Å². The van der Waals surface area contributed by atoms with Gasteiger partial charge < -0.3 is 5.11 Å². The van der Waals surface area contributed by atoms with Crippen LogP contribution in [0.3, 0.4) is 0 Å². The standard InChI is InChI=1S/C7H9F2NO2/c1-5-2-10(3-5)4-7(8,9)6(11)12/h1-4H2,(H,11,12). The van der Waals surface area contributed by atoms with Crippen molar-refractivity contribution in [1.29, 1.82) is 0 Å². The van der Waals surface area contributed by atoms with Crippen molar-refractivity contribution >= 4 is 5.97 Å². The molecular weight excluding hydrogens is 168 g/mol. The Morgan fingerprint density at radius 3 is 2.50 bits per heavy atom. The Morgan fingerprint density at radius 1 is 1.67 bits per heavy atom. The lowest BCUT2D eigenvalue weighted by atomic mass is 10.1. The van der Waals surface area contributed by atoms with Gasteiger partial charge in [-0.05, 0) is 5.57 Å². The Bertz CT molecular complexity index is 219. The predicted molar refractivity (Wildman–Crippen MR) is 38.2 cm³/mol. The molecule has 0 aliphatic carbocycles. The highest BCUT2D eigenvalue weighted by Gasteiger charge is 2.42. The summed E-state index contributed by atoms with van der Waals surface area (Å²) in [5.41, 5.74) is 0.858. The first-order valence-electron chi connectivity index (χ1n) is 3.42. The maximum absolute atomic E-state index is 12.5. The van der Waals surface area contributed by atoms with Crippen LogP contribution in [0, 0.1) is 0 Å². The molecule has 0 amide bonds. The van der Waals surface area contributed by atoms with E-state index in [0.717, 1.165) is 5.57 Å². The summed E-state index contributed by atoms with van der Waals surface area (Å²) in [6.45, 7) is 3.59. The molecule has 1 aliphatic rings. The lowest BCUT2D eigenvalue weighted by Gasteiger charge is -2.34. The van der Waals surface area contributed by atoms with E-state index in [0.29, 0.717) is 13.1 Å². The number of carboxylic acids is 1. The molecule has 1 fully saturated rings. The van der Waals surface area contributed by atoms with Crippen molar-refractivity contribution in [3.05, 3.63) is 12.2 Å². The lowest BCUT2D eigenvalue weighted by molar-refractivity contribution is -0.167. The molecule has 0 atom stereocenters. The highest BCUT2D eigenvalue weighted by molar-refractivity contribution is 5.75. The minimum Gasteiger partial charge on any atom is -0.477 e. The molecule has 1 heterocycles. The molecule has 1 aliphatic heterocycles. The van der Waals surface area contributed by atoms with Gasteiger partial charge in [0.2, 0.25) is 0 Å². The van der Waals surface area contributed by atoms with Gasteiger partial charge >= 0.3 is 11.9 Å². The van der Waals surface area contributed by atoms with E-state index in [4.69, 9.17) is 5.11 Å². The molecule has 1 N–H and O–H groups in total. The monoisotopic (exact) mass is 177 g/mol. The SMILES string of the molecule is C=C1CN(CC(F)(F)C(=O)O)C1. The van der Waals surface area contributed by atoms with Crippen LogP contribution in [0.4, 0.5) is 8.78 Å². The zero-order valence-corrected chi connectivity index (χ0v) is 6.39. The van der Waals surface area contributed by atoms with Crippen molar-refractivity contribution in [2.24, 2.45) is 0 Å². The Balaban J connectivity index is 2.40. The first-order valence-corrected chi connectivity index (χ1v) is 3.42. The normalized spacial score (nSPS) is 19.0. The number of halogens is 2. The van der Waals surface area contributed by atoms with Crippen LogP contribution < -0.4 is 0 Å². The summed E-state index contributed by atoms with van der Waals surface area (Å²) in [5.74, 6) is -5.71. The van der Waals surface area contributed by atoms with E-state index in [2.05, 4.69) is 6.58 Å². The molecule has 0 saturated carbocycles. The highest BCUT2D eigenvalue weighted by atomic mass is 19.3. The maximum atomic E-state index is 12.5. The van der Waals surface area contributed by atoms with E-state index in [1.165, 1.54) is 4.90 Å². The van der Waals surface area contributed by atoms with E-state index in [1.54, 1.807) is 0 Å². The first kappa shape index (κ1) is 9.12. The van der Waals surface area contributed by atoms with Gasteiger partial charge in [-0.3, -0.25) is 4.90 Å². The fourth-order valence-electron chi connectivity index (χ4n) is 1.05. The van der Waals surface area contributed by atoms with Gasteiger partial charge in [0, 0.05) is 13.1 Å². The van der Waals surface area contributed by atoms with Gasteiger partial charge in [-0.15, -0.1) is 0 Å². The summed E-state index contributed by atoms with van der Waals surface area (Å²) in [6, 6.07) is 0. The minimum absolute atomic E-state index is 0.378. The Hall–Kier alpha value is -0.970. The number of likely N-dealkylation sites (tertiary alicyclic amines) is 1. The summed E-state index contributed by atoms with van der Waals surface area (Å²) in [6.07, 6.45) is 0. The van der Waals surface area contributed by atoms with Crippen LogP contribution in [0.1, 0.15) is 0 Å². The third kappa shape index (κ3) is 1.79. The van der Waals surface area contributed by atoms with Gasteiger partial charge in [0.05, 0.1) is 6.54 Å². The lowest BCUT2D eigenvalue weighted by Crippen LogP contribution is -2.49. The van der Waals surface area contributed by atoms with Gasteiger partial charge in [-0.1, -0.05) is 6.58 Å². The van der Waals surface area contributed by atoms with Gasteiger partial charge in [-0.25, -0.2) is 4.79 Å². The van der Waals surface area contributed by atoms with Gasteiger partial charge in [0.25, 0.3) is 0 Å². The second-order valence-corrected chi connectivity index (χ2v) is 2.90. The fourth-order valence-corrected chi connectivity index (χ4v) is 1.05. The molecule has 5 heteroatoms. The molecular formula is C7H9F2NO2. The fraction of sp³-hybridized carbons (Fsp3) is 0.571. The Morgan fingerprint density at radius 2 is 2.17 bits per heavy atom. The van der Waals surface area contributed by atoms with Gasteiger partial charge in [0.1, 0.15) is 0 Å². The van der Waals surface area contributed by atoms with E-state index in [1.807, 2.05) is 0 Å².